The first-order valence-corrected chi connectivity index (χ1v) is 5.11. The molecular formula is C9H13ClF3NO2. The fraction of sp³-hybridized carbons (Fsp3) is 0.667. The minimum Gasteiger partial charge on any atom is -0.372 e. The quantitative estimate of drug-likeness (QED) is 0.431. The van der Waals surface area contributed by atoms with E-state index in [9.17, 15) is 18.0 Å². The number of hydrogen-bond acceptors (Lipinski definition) is 2. The third-order valence-electron chi connectivity index (χ3n) is 1.41. The van der Waals surface area contributed by atoms with E-state index in [4.69, 9.17) is 11.6 Å². The molecule has 0 aromatic carbocycles. The molecule has 0 heterocycles. The molecule has 1 amide bonds. The lowest BCUT2D eigenvalue weighted by molar-refractivity contribution is -0.174. The molecule has 0 radical (unpaired) electrons. The highest BCUT2D eigenvalue weighted by Crippen LogP contribution is 2.14. The second-order valence-corrected chi connectivity index (χ2v) is 3.16. The van der Waals surface area contributed by atoms with Gasteiger partial charge < -0.3 is 10.1 Å². The molecule has 3 nitrogen and oxygen atoms in total. The molecule has 0 saturated heterocycles. The van der Waals surface area contributed by atoms with E-state index >= 15 is 0 Å². The van der Waals surface area contributed by atoms with Crippen LogP contribution in [0.1, 0.15) is 6.42 Å². The molecule has 0 saturated carbocycles. The van der Waals surface area contributed by atoms with Crippen molar-refractivity contribution in [3.8, 4) is 0 Å². The Morgan fingerprint density at radius 1 is 1.38 bits per heavy atom. The van der Waals surface area contributed by atoms with E-state index in [2.05, 4.69) is 10.1 Å². The van der Waals surface area contributed by atoms with E-state index in [0.29, 0.717) is 12.4 Å². The number of nitrogens with one attached hydrogen (secondary N) is 1. The van der Waals surface area contributed by atoms with Gasteiger partial charge in [0.15, 0.2) is 0 Å². The monoisotopic (exact) mass is 259 g/mol. The fourth-order valence-electron chi connectivity index (χ4n) is 0.760. The maximum Gasteiger partial charge on any atom is 0.411 e. The van der Waals surface area contributed by atoms with Gasteiger partial charge in [-0.1, -0.05) is 12.2 Å². The number of allylic oxidation sites excluding steroid dienone is 1. The summed E-state index contributed by atoms with van der Waals surface area (Å²) in [5.74, 6) is -0.00807. The summed E-state index contributed by atoms with van der Waals surface area (Å²) < 4.78 is 39.1. The average Bonchev–Trinajstić information content (AvgIpc) is 2.18. The van der Waals surface area contributed by atoms with Gasteiger partial charge in [-0.05, 0) is 0 Å². The van der Waals surface area contributed by atoms with Gasteiger partial charge in [0.2, 0.25) is 5.91 Å². The van der Waals surface area contributed by atoms with Gasteiger partial charge in [0.05, 0.1) is 6.61 Å². The molecule has 0 aliphatic heterocycles. The van der Waals surface area contributed by atoms with Gasteiger partial charge in [-0.3, -0.25) is 4.79 Å². The molecule has 0 atom stereocenters. The first kappa shape index (κ1) is 15.2. The minimum absolute atomic E-state index is 0.0925. The molecule has 1 N–H and O–H groups in total. The maximum atomic E-state index is 11.6. The van der Waals surface area contributed by atoms with Crippen molar-refractivity contribution in [3.05, 3.63) is 12.2 Å². The van der Waals surface area contributed by atoms with Gasteiger partial charge in [-0.2, -0.15) is 13.2 Å². The summed E-state index contributed by atoms with van der Waals surface area (Å²) in [6.07, 6.45) is -1.13. The second-order valence-electron chi connectivity index (χ2n) is 2.85. The number of carbonyl (C=O) groups is 1. The van der Waals surface area contributed by atoms with Crippen LogP contribution in [0.4, 0.5) is 13.2 Å². The molecule has 0 aromatic heterocycles. The van der Waals surface area contributed by atoms with Crippen LogP contribution in [-0.4, -0.2) is 37.7 Å². The van der Waals surface area contributed by atoms with Crippen LogP contribution in [0, 0.1) is 0 Å². The third kappa shape index (κ3) is 11.3. The summed E-state index contributed by atoms with van der Waals surface area (Å²) in [6.45, 7) is -1.26. The molecule has 0 aromatic rings. The van der Waals surface area contributed by atoms with Crippen LogP contribution in [0.2, 0.25) is 0 Å². The highest BCUT2D eigenvalue weighted by atomic mass is 35.5. The Hall–Kier alpha value is -0.750. The normalized spacial score (nSPS) is 12.0. The summed E-state index contributed by atoms with van der Waals surface area (Å²) in [6, 6.07) is 0. The zero-order valence-electron chi connectivity index (χ0n) is 8.52. The van der Waals surface area contributed by atoms with Crippen molar-refractivity contribution >= 4 is 17.5 Å². The number of amides is 1. The average molecular weight is 260 g/mol. The van der Waals surface area contributed by atoms with Gasteiger partial charge in [0.1, 0.15) is 6.61 Å². The maximum absolute atomic E-state index is 11.6. The van der Waals surface area contributed by atoms with Crippen molar-refractivity contribution in [2.45, 2.75) is 12.6 Å². The minimum atomic E-state index is -4.35. The Morgan fingerprint density at radius 2 is 2.06 bits per heavy atom. The highest BCUT2D eigenvalue weighted by Gasteiger charge is 2.27. The van der Waals surface area contributed by atoms with Crippen molar-refractivity contribution in [1.29, 1.82) is 0 Å². The molecule has 0 aliphatic carbocycles. The number of rotatable bonds is 7. The fourth-order valence-corrected chi connectivity index (χ4v) is 0.886. The van der Waals surface area contributed by atoms with Crippen LogP contribution in [0.25, 0.3) is 0 Å². The number of halogens is 4. The number of hydrogen-bond donors (Lipinski definition) is 1. The summed E-state index contributed by atoms with van der Waals surface area (Å²) in [7, 11) is 0. The molecule has 0 bridgehead atoms. The van der Waals surface area contributed by atoms with E-state index in [-0.39, 0.29) is 18.9 Å². The Labute approximate surface area is 96.6 Å². The third-order valence-corrected chi connectivity index (χ3v) is 1.59. The van der Waals surface area contributed by atoms with Crippen LogP contribution in [0.5, 0.6) is 0 Å². The first-order valence-electron chi connectivity index (χ1n) is 4.58. The number of alkyl halides is 4. The van der Waals surface area contributed by atoms with E-state index in [0.717, 1.165) is 0 Å². The molecule has 0 unspecified atom stereocenters. The largest absolute Gasteiger partial charge is 0.411 e. The summed E-state index contributed by atoms with van der Waals surface area (Å²) in [5.41, 5.74) is 0. The molecule has 7 heteroatoms. The smallest absolute Gasteiger partial charge is 0.372 e. The number of carbonyl (C=O) groups excluding carboxylic acids is 1. The van der Waals surface area contributed by atoms with E-state index in [1.54, 1.807) is 12.2 Å². The molecule has 0 aliphatic rings. The van der Waals surface area contributed by atoms with Gasteiger partial charge in [-0.25, -0.2) is 0 Å². The molecule has 0 rings (SSSR count). The van der Waals surface area contributed by atoms with E-state index in [1.807, 2.05) is 0 Å². The molecule has 94 valence electrons. The Bertz CT molecular complexity index is 231. The van der Waals surface area contributed by atoms with Gasteiger partial charge in [-0.15, -0.1) is 11.6 Å². The van der Waals surface area contributed by atoms with Crippen LogP contribution in [0.15, 0.2) is 12.2 Å². The lowest BCUT2D eigenvalue weighted by Gasteiger charge is -2.07. The molecule has 0 spiro atoms. The lowest BCUT2D eigenvalue weighted by atomic mass is 10.4. The van der Waals surface area contributed by atoms with Crippen LogP contribution in [-0.2, 0) is 9.53 Å². The highest BCUT2D eigenvalue weighted by molar-refractivity contribution is 6.18. The number of ether oxygens (including phenoxy) is 1. The zero-order chi connectivity index (χ0) is 12.4. The van der Waals surface area contributed by atoms with Gasteiger partial charge in [0.25, 0.3) is 0 Å². The van der Waals surface area contributed by atoms with Crippen LogP contribution >= 0.6 is 11.6 Å². The van der Waals surface area contributed by atoms with Crippen molar-refractivity contribution in [3.63, 3.8) is 0 Å². The zero-order valence-corrected chi connectivity index (χ0v) is 9.27. The Kier molecular flexibility index (Phi) is 8.01. The molecule has 0 fully saturated rings. The lowest BCUT2D eigenvalue weighted by Crippen LogP contribution is -2.25. The standard InChI is InChI=1S/C9H13ClF3NO2/c10-4-1-2-5-14-8(15)3-6-16-7-9(11,12)13/h1-2H,3-7H2,(H,14,15)/b2-1+. The second kappa shape index (κ2) is 8.41. The van der Waals surface area contributed by atoms with E-state index in [1.165, 1.54) is 0 Å². The molecular weight excluding hydrogens is 247 g/mol. The summed E-state index contributed by atoms with van der Waals surface area (Å²) in [5, 5.41) is 2.47. The van der Waals surface area contributed by atoms with Crippen LogP contribution in [0.3, 0.4) is 0 Å². The topological polar surface area (TPSA) is 38.3 Å². The Morgan fingerprint density at radius 3 is 2.62 bits per heavy atom. The predicted octanol–water partition coefficient (Wildman–Crippen LogP) is 1.87. The first-order chi connectivity index (χ1) is 7.45. The SMILES string of the molecule is O=C(CCOCC(F)(F)F)NC/C=C/CCl. The predicted molar refractivity (Wildman–Crippen MR) is 54.4 cm³/mol. The van der Waals surface area contributed by atoms with Crippen molar-refractivity contribution in [1.82, 2.24) is 5.32 Å². The summed E-state index contributed by atoms with van der Waals surface area (Å²) >= 11 is 5.34. The Balaban J connectivity index is 3.41. The van der Waals surface area contributed by atoms with Crippen LogP contribution < -0.4 is 5.32 Å². The van der Waals surface area contributed by atoms with E-state index < -0.39 is 12.8 Å². The summed E-state index contributed by atoms with van der Waals surface area (Å²) in [4.78, 5) is 11.0. The molecule has 16 heavy (non-hydrogen) atoms. The van der Waals surface area contributed by atoms with Crippen molar-refractivity contribution in [2.75, 3.05) is 25.6 Å². The van der Waals surface area contributed by atoms with Crippen molar-refractivity contribution in [2.24, 2.45) is 0 Å². The van der Waals surface area contributed by atoms with Gasteiger partial charge in [0, 0.05) is 18.8 Å². The van der Waals surface area contributed by atoms with Crippen molar-refractivity contribution < 1.29 is 22.7 Å². The van der Waals surface area contributed by atoms with Gasteiger partial charge >= 0.3 is 6.18 Å².